The Morgan fingerprint density at radius 1 is 1.48 bits per heavy atom. The van der Waals surface area contributed by atoms with Crippen molar-refractivity contribution in [3.8, 4) is 0 Å². The zero-order valence-electron chi connectivity index (χ0n) is 13.6. The number of amides is 1. The monoisotopic (exact) mass is 331 g/mol. The van der Waals surface area contributed by atoms with Crippen LogP contribution in [0.1, 0.15) is 47.6 Å². The van der Waals surface area contributed by atoms with E-state index in [1.54, 1.807) is 12.5 Å². The second-order valence-corrected chi connectivity index (χ2v) is 6.75. The number of hydrogen-bond donors (Lipinski definition) is 1. The number of nitrogens with zero attached hydrogens (tertiary/aromatic N) is 4. The average Bonchev–Trinajstić information content (AvgIpc) is 3.24. The SMILES string of the molecule is CSc1nc(C2CC2)nc(C)c1C(=O)N[C@H](C)Cn1ccnc1. The topological polar surface area (TPSA) is 72.7 Å². The first-order valence-corrected chi connectivity index (χ1v) is 9.00. The number of thioether (sulfide) groups is 1. The van der Waals surface area contributed by atoms with Crippen molar-refractivity contribution < 1.29 is 4.79 Å². The third kappa shape index (κ3) is 3.72. The van der Waals surface area contributed by atoms with Gasteiger partial charge >= 0.3 is 0 Å². The molecule has 0 aliphatic heterocycles. The van der Waals surface area contributed by atoms with Crippen molar-refractivity contribution in [2.45, 2.75) is 50.2 Å². The van der Waals surface area contributed by atoms with Crippen LogP contribution in [0.5, 0.6) is 0 Å². The highest BCUT2D eigenvalue weighted by atomic mass is 32.2. The molecule has 0 bridgehead atoms. The van der Waals surface area contributed by atoms with Gasteiger partial charge in [-0.2, -0.15) is 0 Å². The van der Waals surface area contributed by atoms with E-state index < -0.39 is 0 Å². The molecule has 23 heavy (non-hydrogen) atoms. The number of carbonyl (C=O) groups is 1. The lowest BCUT2D eigenvalue weighted by atomic mass is 10.2. The van der Waals surface area contributed by atoms with Crippen molar-refractivity contribution >= 4 is 17.7 Å². The van der Waals surface area contributed by atoms with Crippen LogP contribution in [-0.4, -0.2) is 37.7 Å². The van der Waals surface area contributed by atoms with E-state index in [2.05, 4.69) is 20.3 Å². The molecule has 3 rings (SSSR count). The summed E-state index contributed by atoms with van der Waals surface area (Å²) in [5, 5.41) is 3.80. The van der Waals surface area contributed by atoms with E-state index in [4.69, 9.17) is 0 Å². The van der Waals surface area contributed by atoms with Gasteiger partial charge in [-0.15, -0.1) is 11.8 Å². The highest BCUT2D eigenvalue weighted by molar-refractivity contribution is 7.98. The Kier molecular flexibility index (Phi) is 4.66. The van der Waals surface area contributed by atoms with E-state index in [1.165, 1.54) is 11.8 Å². The molecule has 6 nitrogen and oxygen atoms in total. The lowest BCUT2D eigenvalue weighted by Crippen LogP contribution is -2.36. The van der Waals surface area contributed by atoms with E-state index >= 15 is 0 Å². The zero-order valence-corrected chi connectivity index (χ0v) is 14.4. The standard InChI is InChI=1S/C16H21N5OS/c1-10(8-21-7-6-17-9-21)18-15(22)13-11(2)19-14(12-4-5-12)20-16(13)23-3/h6-7,9-10,12H,4-5,8H2,1-3H3,(H,18,22)/t10-/m1/s1. The molecule has 0 radical (unpaired) electrons. The number of imidazole rings is 1. The first-order chi connectivity index (χ1) is 11.1. The fraction of sp³-hybridized carbons (Fsp3) is 0.500. The van der Waals surface area contributed by atoms with E-state index in [1.807, 2.05) is 30.9 Å². The van der Waals surface area contributed by atoms with Crippen LogP contribution in [0, 0.1) is 6.92 Å². The van der Waals surface area contributed by atoms with Gasteiger partial charge in [-0.3, -0.25) is 4.79 Å². The molecule has 0 unspecified atom stereocenters. The molecule has 1 atom stereocenters. The van der Waals surface area contributed by atoms with Crippen molar-refractivity contribution in [2.24, 2.45) is 0 Å². The summed E-state index contributed by atoms with van der Waals surface area (Å²) in [5.74, 6) is 1.26. The molecule has 2 aromatic heterocycles. The van der Waals surface area contributed by atoms with Crippen LogP contribution in [0.3, 0.4) is 0 Å². The van der Waals surface area contributed by atoms with Crippen molar-refractivity contribution in [1.82, 2.24) is 24.8 Å². The second-order valence-electron chi connectivity index (χ2n) is 5.96. The van der Waals surface area contributed by atoms with Crippen LogP contribution < -0.4 is 5.32 Å². The number of nitrogens with one attached hydrogen (secondary N) is 1. The fourth-order valence-corrected chi connectivity index (χ4v) is 3.18. The smallest absolute Gasteiger partial charge is 0.256 e. The molecule has 1 saturated carbocycles. The molecule has 2 aromatic rings. The first kappa shape index (κ1) is 16.0. The Hall–Kier alpha value is -1.89. The first-order valence-electron chi connectivity index (χ1n) is 7.77. The van der Waals surface area contributed by atoms with Gasteiger partial charge in [0, 0.05) is 30.9 Å². The summed E-state index contributed by atoms with van der Waals surface area (Å²) < 4.78 is 1.94. The predicted octanol–water partition coefficient (Wildman–Crippen LogP) is 2.40. The van der Waals surface area contributed by atoms with Crippen LogP contribution in [0.4, 0.5) is 0 Å². The maximum absolute atomic E-state index is 12.7. The Bertz CT molecular complexity index is 697. The van der Waals surface area contributed by atoms with Gasteiger partial charge in [0.15, 0.2) is 0 Å². The number of aromatic nitrogens is 4. The van der Waals surface area contributed by atoms with Crippen LogP contribution in [0.2, 0.25) is 0 Å². The highest BCUT2D eigenvalue weighted by Gasteiger charge is 2.29. The third-order valence-electron chi connectivity index (χ3n) is 3.86. The maximum atomic E-state index is 12.7. The van der Waals surface area contributed by atoms with Gasteiger partial charge in [-0.05, 0) is 32.9 Å². The number of hydrogen-bond acceptors (Lipinski definition) is 5. The molecule has 0 spiro atoms. The molecule has 1 aliphatic rings. The fourth-order valence-electron chi connectivity index (χ4n) is 2.55. The van der Waals surface area contributed by atoms with Crippen molar-refractivity contribution in [3.05, 3.63) is 35.8 Å². The minimum atomic E-state index is -0.109. The summed E-state index contributed by atoms with van der Waals surface area (Å²) in [5.41, 5.74) is 1.36. The largest absolute Gasteiger partial charge is 0.348 e. The van der Waals surface area contributed by atoms with Gasteiger partial charge in [0.2, 0.25) is 0 Å². The highest BCUT2D eigenvalue weighted by Crippen LogP contribution is 2.39. The molecule has 1 amide bonds. The second kappa shape index (κ2) is 6.70. The van der Waals surface area contributed by atoms with Gasteiger partial charge in [0.1, 0.15) is 10.9 Å². The molecular formula is C16H21N5OS. The van der Waals surface area contributed by atoms with E-state index in [-0.39, 0.29) is 11.9 Å². The van der Waals surface area contributed by atoms with Crippen molar-refractivity contribution in [3.63, 3.8) is 0 Å². The Labute approximate surface area is 140 Å². The van der Waals surface area contributed by atoms with E-state index in [0.29, 0.717) is 18.0 Å². The summed E-state index contributed by atoms with van der Waals surface area (Å²) in [6.07, 6.45) is 9.62. The molecule has 0 saturated heterocycles. The molecule has 1 N–H and O–H groups in total. The van der Waals surface area contributed by atoms with Gasteiger partial charge in [-0.1, -0.05) is 0 Å². The normalized spacial score (nSPS) is 15.4. The van der Waals surface area contributed by atoms with Gasteiger partial charge in [-0.25, -0.2) is 15.0 Å². The summed E-state index contributed by atoms with van der Waals surface area (Å²) in [6.45, 7) is 4.55. The number of aryl methyl sites for hydroxylation is 1. The quantitative estimate of drug-likeness (QED) is 0.650. The van der Waals surface area contributed by atoms with Crippen molar-refractivity contribution in [1.29, 1.82) is 0 Å². The summed E-state index contributed by atoms with van der Waals surface area (Å²) in [6, 6.07) is -0.00563. The lowest BCUT2D eigenvalue weighted by Gasteiger charge is -2.17. The average molecular weight is 331 g/mol. The van der Waals surface area contributed by atoms with Gasteiger partial charge in [0.05, 0.1) is 17.6 Å². The Morgan fingerprint density at radius 3 is 2.87 bits per heavy atom. The Balaban J connectivity index is 1.75. The third-order valence-corrected chi connectivity index (χ3v) is 4.54. The van der Waals surface area contributed by atoms with Crippen LogP contribution >= 0.6 is 11.8 Å². The molecule has 122 valence electrons. The lowest BCUT2D eigenvalue weighted by molar-refractivity contribution is 0.0931. The summed E-state index contributed by atoms with van der Waals surface area (Å²) >= 11 is 1.50. The molecular weight excluding hydrogens is 310 g/mol. The van der Waals surface area contributed by atoms with E-state index in [0.717, 1.165) is 29.4 Å². The minimum absolute atomic E-state index is 0.00563. The maximum Gasteiger partial charge on any atom is 0.256 e. The predicted molar refractivity (Wildman–Crippen MR) is 89.7 cm³/mol. The van der Waals surface area contributed by atoms with Crippen molar-refractivity contribution in [2.75, 3.05) is 6.26 Å². The molecule has 7 heteroatoms. The van der Waals surface area contributed by atoms with Gasteiger partial charge in [0.25, 0.3) is 5.91 Å². The van der Waals surface area contributed by atoms with Crippen LogP contribution in [-0.2, 0) is 6.54 Å². The summed E-state index contributed by atoms with van der Waals surface area (Å²) in [7, 11) is 0. The van der Waals surface area contributed by atoms with Crippen LogP contribution in [0.25, 0.3) is 0 Å². The van der Waals surface area contributed by atoms with Crippen LogP contribution in [0.15, 0.2) is 23.7 Å². The molecule has 1 aliphatic carbocycles. The van der Waals surface area contributed by atoms with Gasteiger partial charge < -0.3 is 9.88 Å². The number of rotatable bonds is 6. The number of carbonyl (C=O) groups excluding carboxylic acids is 1. The molecule has 0 aromatic carbocycles. The molecule has 2 heterocycles. The summed E-state index contributed by atoms with van der Waals surface area (Å²) in [4.78, 5) is 25.8. The zero-order chi connectivity index (χ0) is 16.4. The minimum Gasteiger partial charge on any atom is -0.348 e. The van der Waals surface area contributed by atoms with E-state index in [9.17, 15) is 4.79 Å². The molecule has 1 fully saturated rings. The Morgan fingerprint density at radius 2 is 2.26 bits per heavy atom.